The third-order valence-corrected chi connectivity index (χ3v) is 4.22. The van der Waals surface area contributed by atoms with Gasteiger partial charge in [-0.05, 0) is 41.7 Å². The lowest BCUT2D eigenvalue weighted by atomic mass is 10.1. The molecule has 0 atom stereocenters. The highest BCUT2D eigenvalue weighted by Gasteiger charge is 2.25. The molecule has 1 aromatic rings. The van der Waals surface area contributed by atoms with Crippen LogP contribution in [0, 0.1) is 0 Å². The number of nitrogens with one attached hydrogen (secondary N) is 1. The quantitative estimate of drug-likeness (QED) is 0.849. The normalized spacial score (nSPS) is 21.9. The van der Waals surface area contributed by atoms with Gasteiger partial charge in [-0.15, -0.1) is 0 Å². The van der Waals surface area contributed by atoms with E-state index in [9.17, 15) is 0 Å². The largest absolute Gasteiger partial charge is 0.311 e. The fraction of sp³-hybridized carbons (Fsp3) is 0.727. The first-order valence-electron chi connectivity index (χ1n) is 5.83. The molecular formula is C11H16BrN3. The van der Waals surface area contributed by atoms with Crippen LogP contribution in [-0.4, -0.2) is 16.3 Å². The second-order valence-electron chi connectivity index (χ2n) is 4.53. The number of hydrogen-bond acceptors (Lipinski definition) is 2. The van der Waals surface area contributed by atoms with Gasteiger partial charge in [0.15, 0.2) is 0 Å². The maximum Gasteiger partial charge on any atom is 0.131 e. The predicted octanol–water partition coefficient (Wildman–Crippen LogP) is 2.41. The summed E-state index contributed by atoms with van der Waals surface area (Å²) >= 11 is 3.59. The van der Waals surface area contributed by atoms with Gasteiger partial charge >= 0.3 is 0 Å². The van der Waals surface area contributed by atoms with Crippen LogP contribution >= 0.6 is 15.9 Å². The van der Waals surface area contributed by atoms with Gasteiger partial charge in [-0.2, -0.15) is 5.10 Å². The summed E-state index contributed by atoms with van der Waals surface area (Å²) in [6.45, 7) is 2.08. The van der Waals surface area contributed by atoms with Crippen LogP contribution in [0.15, 0.2) is 4.60 Å². The van der Waals surface area contributed by atoms with Crippen LogP contribution in [0.2, 0.25) is 0 Å². The number of nitrogens with zero attached hydrogens (tertiary/aromatic N) is 2. The van der Waals surface area contributed by atoms with E-state index < -0.39 is 0 Å². The zero-order chi connectivity index (χ0) is 10.3. The minimum atomic E-state index is 0.657. The van der Waals surface area contributed by atoms with Gasteiger partial charge in [-0.1, -0.05) is 12.8 Å². The van der Waals surface area contributed by atoms with Crippen LogP contribution in [0.3, 0.4) is 0 Å². The van der Waals surface area contributed by atoms with Gasteiger partial charge in [0.1, 0.15) is 4.60 Å². The van der Waals surface area contributed by atoms with Gasteiger partial charge in [0, 0.05) is 12.1 Å². The molecule has 1 fully saturated rings. The fourth-order valence-corrected chi connectivity index (χ4v) is 3.38. The van der Waals surface area contributed by atoms with E-state index in [0.717, 1.165) is 24.1 Å². The highest BCUT2D eigenvalue weighted by atomic mass is 79.9. The highest BCUT2D eigenvalue weighted by Crippen LogP contribution is 2.33. The van der Waals surface area contributed by atoms with E-state index in [1.54, 1.807) is 0 Å². The van der Waals surface area contributed by atoms with E-state index >= 15 is 0 Å². The summed E-state index contributed by atoms with van der Waals surface area (Å²) < 4.78 is 3.35. The molecule has 1 N–H and O–H groups in total. The van der Waals surface area contributed by atoms with Crippen LogP contribution in [0.5, 0.6) is 0 Å². The lowest BCUT2D eigenvalue weighted by molar-refractivity contribution is 0.435. The summed E-state index contributed by atoms with van der Waals surface area (Å²) in [6.07, 6.45) is 6.46. The number of aromatic nitrogens is 2. The first kappa shape index (κ1) is 9.85. The molecule has 4 heteroatoms. The molecule has 82 valence electrons. The van der Waals surface area contributed by atoms with E-state index in [1.165, 1.54) is 36.9 Å². The van der Waals surface area contributed by atoms with Crippen molar-refractivity contribution in [3.8, 4) is 0 Å². The first-order valence-corrected chi connectivity index (χ1v) is 6.62. The Kier molecular flexibility index (Phi) is 2.56. The van der Waals surface area contributed by atoms with Crippen LogP contribution in [-0.2, 0) is 13.0 Å². The van der Waals surface area contributed by atoms with Crippen molar-refractivity contribution in [3.63, 3.8) is 0 Å². The molecule has 3 rings (SSSR count). The SMILES string of the molecule is Brc1nn(C2CCCC2)c2c1CCNC2. The molecular weight excluding hydrogens is 254 g/mol. The van der Waals surface area contributed by atoms with Crippen molar-refractivity contribution in [1.82, 2.24) is 15.1 Å². The van der Waals surface area contributed by atoms with Gasteiger partial charge in [0.25, 0.3) is 0 Å². The molecule has 15 heavy (non-hydrogen) atoms. The number of halogens is 1. The Balaban J connectivity index is 1.99. The van der Waals surface area contributed by atoms with E-state index in [-0.39, 0.29) is 0 Å². The summed E-state index contributed by atoms with van der Waals surface area (Å²) in [5.41, 5.74) is 2.85. The Hall–Kier alpha value is -0.350. The number of rotatable bonds is 1. The van der Waals surface area contributed by atoms with E-state index in [4.69, 9.17) is 0 Å². The van der Waals surface area contributed by atoms with E-state index in [0.29, 0.717) is 6.04 Å². The molecule has 1 aromatic heterocycles. The molecule has 0 saturated heterocycles. The molecule has 1 aliphatic heterocycles. The van der Waals surface area contributed by atoms with Crippen molar-refractivity contribution in [1.29, 1.82) is 0 Å². The summed E-state index contributed by atoms with van der Waals surface area (Å²) in [5, 5.41) is 8.10. The van der Waals surface area contributed by atoms with Crippen molar-refractivity contribution < 1.29 is 0 Å². The summed E-state index contributed by atoms with van der Waals surface area (Å²) in [4.78, 5) is 0. The maximum absolute atomic E-state index is 4.67. The third-order valence-electron chi connectivity index (χ3n) is 3.58. The Morgan fingerprint density at radius 2 is 2.13 bits per heavy atom. The van der Waals surface area contributed by atoms with Crippen LogP contribution in [0.1, 0.15) is 43.0 Å². The molecule has 0 unspecified atom stereocenters. The minimum absolute atomic E-state index is 0.657. The molecule has 0 radical (unpaired) electrons. The van der Waals surface area contributed by atoms with Crippen molar-refractivity contribution >= 4 is 15.9 Å². The predicted molar refractivity (Wildman–Crippen MR) is 62.8 cm³/mol. The molecule has 0 bridgehead atoms. The Morgan fingerprint density at radius 3 is 2.93 bits per heavy atom. The number of hydrogen-bond donors (Lipinski definition) is 1. The van der Waals surface area contributed by atoms with E-state index in [1.807, 2.05) is 0 Å². The summed E-state index contributed by atoms with van der Waals surface area (Å²) in [6, 6.07) is 0.657. The van der Waals surface area contributed by atoms with Gasteiger partial charge in [0.2, 0.25) is 0 Å². The molecule has 0 spiro atoms. The zero-order valence-corrected chi connectivity index (χ0v) is 10.4. The van der Waals surface area contributed by atoms with Crippen LogP contribution in [0.25, 0.3) is 0 Å². The lowest BCUT2D eigenvalue weighted by Crippen LogP contribution is -2.26. The van der Waals surface area contributed by atoms with Gasteiger partial charge < -0.3 is 5.32 Å². The molecule has 2 aliphatic rings. The Bertz CT molecular complexity index is 366. The highest BCUT2D eigenvalue weighted by molar-refractivity contribution is 9.10. The molecule has 0 amide bonds. The van der Waals surface area contributed by atoms with Crippen molar-refractivity contribution in [2.75, 3.05) is 6.54 Å². The van der Waals surface area contributed by atoms with Crippen molar-refractivity contribution in [2.45, 2.75) is 44.7 Å². The third kappa shape index (κ3) is 1.64. The van der Waals surface area contributed by atoms with Crippen LogP contribution < -0.4 is 5.32 Å². The van der Waals surface area contributed by atoms with Gasteiger partial charge in [0.05, 0.1) is 11.7 Å². The van der Waals surface area contributed by atoms with Gasteiger partial charge in [-0.3, -0.25) is 4.68 Å². The second kappa shape index (κ2) is 3.91. The monoisotopic (exact) mass is 269 g/mol. The average molecular weight is 270 g/mol. The number of fused-ring (bicyclic) bond motifs is 1. The summed E-state index contributed by atoms with van der Waals surface area (Å²) in [7, 11) is 0. The first-order chi connectivity index (χ1) is 7.36. The average Bonchev–Trinajstić information content (AvgIpc) is 2.87. The molecule has 2 heterocycles. The zero-order valence-electron chi connectivity index (χ0n) is 8.80. The van der Waals surface area contributed by atoms with Crippen molar-refractivity contribution in [3.05, 3.63) is 15.9 Å². The maximum atomic E-state index is 4.67. The smallest absolute Gasteiger partial charge is 0.131 e. The minimum Gasteiger partial charge on any atom is -0.311 e. The molecule has 1 saturated carbocycles. The fourth-order valence-electron chi connectivity index (χ4n) is 2.78. The van der Waals surface area contributed by atoms with E-state index in [2.05, 4.69) is 31.0 Å². The topological polar surface area (TPSA) is 29.9 Å². The lowest BCUT2D eigenvalue weighted by Gasteiger charge is -2.18. The van der Waals surface area contributed by atoms with Crippen LogP contribution in [0.4, 0.5) is 0 Å². The van der Waals surface area contributed by atoms with Gasteiger partial charge in [-0.25, -0.2) is 0 Å². The molecule has 1 aliphatic carbocycles. The second-order valence-corrected chi connectivity index (χ2v) is 5.28. The Morgan fingerprint density at radius 1 is 1.33 bits per heavy atom. The Labute approximate surface area is 98.4 Å². The molecule has 0 aromatic carbocycles. The summed E-state index contributed by atoms with van der Waals surface area (Å²) in [5.74, 6) is 0. The standard InChI is InChI=1S/C11H16BrN3/c12-11-9-5-6-13-7-10(9)15(14-11)8-3-1-2-4-8/h8,13H,1-7H2. The van der Waals surface area contributed by atoms with Crippen molar-refractivity contribution in [2.24, 2.45) is 0 Å². The molecule has 3 nitrogen and oxygen atoms in total.